The summed E-state index contributed by atoms with van der Waals surface area (Å²) in [6.45, 7) is 1.74. The second kappa shape index (κ2) is 12.9. The van der Waals surface area contributed by atoms with E-state index in [-0.39, 0.29) is 29.8 Å². The fourth-order valence-corrected chi connectivity index (χ4v) is 10.0. The monoisotopic (exact) mass is 619 g/mol. The molecule has 0 heterocycles. The van der Waals surface area contributed by atoms with Crippen LogP contribution >= 0.6 is 0 Å². The van der Waals surface area contributed by atoms with Crippen LogP contribution in [0.25, 0.3) is 0 Å². The third kappa shape index (κ3) is 6.85. The quantitative estimate of drug-likeness (QED) is 0.343. The van der Waals surface area contributed by atoms with Gasteiger partial charge in [0.15, 0.2) is 0 Å². The van der Waals surface area contributed by atoms with E-state index in [1.165, 1.54) is 54.8 Å². The van der Waals surface area contributed by atoms with Gasteiger partial charge in [0.25, 0.3) is 0 Å². The maximum atomic E-state index is 14.0. The van der Waals surface area contributed by atoms with Gasteiger partial charge in [-0.05, 0) is 111 Å². The van der Waals surface area contributed by atoms with E-state index in [1.807, 2.05) is 42.5 Å². The first-order valence-electron chi connectivity index (χ1n) is 16.8. The highest BCUT2D eigenvalue weighted by Gasteiger charge is 2.51. The molecule has 2 aromatic rings. The van der Waals surface area contributed by atoms with Crippen molar-refractivity contribution in [3.05, 3.63) is 65.7 Å². The predicted octanol–water partition coefficient (Wildman–Crippen LogP) is 5.83. The third-order valence-electron chi connectivity index (χ3n) is 11.1. The maximum Gasteiger partial charge on any atom is 0.244 e. The average Bonchev–Trinajstić information content (AvgIpc) is 3.00. The van der Waals surface area contributed by atoms with Crippen molar-refractivity contribution in [2.24, 2.45) is 17.8 Å². The summed E-state index contributed by atoms with van der Waals surface area (Å²) in [5.41, 5.74) is 3.09. The molecule has 5 aliphatic rings. The largest absolute Gasteiger partial charge is 0.352 e. The molecule has 5 aliphatic carbocycles. The molecular formula is C36H49N3O4S. The summed E-state index contributed by atoms with van der Waals surface area (Å²) in [5.74, 6) is 1.92. The molecule has 7 rings (SSSR count). The lowest BCUT2D eigenvalue weighted by molar-refractivity contribution is -0.139. The second-order valence-electron chi connectivity index (χ2n) is 14.4. The van der Waals surface area contributed by atoms with Crippen molar-refractivity contribution in [2.75, 3.05) is 23.7 Å². The molecule has 8 heteroatoms. The zero-order chi connectivity index (χ0) is 30.9. The van der Waals surface area contributed by atoms with Crippen LogP contribution in [0.4, 0.5) is 5.69 Å². The van der Waals surface area contributed by atoms with E-state index in [1.54, 1.807) is 11.8 Å². The minimum absolute atomic E-state index is 0.129. The highest BCUT2D eigenvalue weighted by Crippen LogP contribution is 2.60. The van der Waals surface area contributed by atoms with E-state index in [0.29, 0.717) is 18.7 Å². The Balaban J connectivity index is 1.20. The van der Waals surface area contributed by atoms with Crippen molar-refractivity contribution in [3.63, 3.8) is 0 Å². The van der Waals surface area contributed by atoms with Crippen molar-refractivity contribution in [2.45, 2.75) is 101 Å². The van der Waals surface area contributed by atoms with Crippen LogP contribution < -0.4 is 9.62 Å². The van der Waals surface area contributed by atoms with Gasteiger partial charge < -0.3 is 10.2 Å². The van der Waals surface area contributed by atoms with E-state index < -0.39 is 16.1 Å². The van der Waals surface area contributed by atoms with Crippen LogP contribution in [0.5, 0.6) is 0 Å². The van der Waals surface area contributed by atoms with Crippen molar-refractivity contribution in [3.8, 4) is 0 Å². The number of nitrogens with one attached hydrogen (secondary N) is 1. The molecule has 7 nitrogen and oxygen atoms in total. The summed E-state index contributed by atoms with van der Waals surface area (Å²) in [6, 6.07) is 17.3. The van der Waals surface area contributed by atoms with Gasteiger partial charge >= 0.3 is 0 Å². The normalized spacial score (nSPS) is 27.1. The first-order valence-corrected chi connectivity index (χ1v) is 18.7. The summed E-state index contributed by atoms with van der Waals surface area (Å²) in [5, 5.41) is 3.16. The van der Waals surface area contributed by atoms with Crippen molar-refractivity contribution in [1.29, 1.82) is 0 Å². The topological polar surface area (TPSA) is 86.8 Å². The molecule has 5 fully saturated rings. The van der Waals surface area contributed by atoms with E-state index in [2.05, 4.69) is 17.4 Å². The SMILES string of the molecule is C[C@@H](C(=O)NC1CCCCC1)N(CCc1ccccc1)C(=O)CN(c1ccc(C23CC4CC(CC(C4)C2)C3)cc1)S(C)(=O)=O. The van der Waals surface area contributed by atoms with Gasteiger partial charge in [0, 0.05) is 12.6 Å². The number of carbonyl (C=O) groups excluding carboxylic acids is 2. The zero-order valence-corrected chi connectivity index (χ0v) is 27.2. The molecule has 0 radical (unpaired) electrons. The Labute approximate surface area is 263 Å². The molecule has 2 aromatic carbocycles. The smallest absolute Gasteiger partial charge is 0.244 e. The van der Waals surface area contributed by atoms with Crippen LogP contribution in [0.1, 0.15) is 88.7 Å². The molecular weight excluding hydrogens is 570 g/mol. The van der Waals surface area contributed by atoms with Crippen LogP contribution in [0.2, 0.25) is 0 Å². The van der Waals surface area contributed by atoms with Crippen LogP contribution in [0, 0.1) is 17.8 Å². The number of benzene rings is 2. The van der Waals surface area contributed by atoms with Crippen molar-refractivity contribution >= 4 is 27.5 Å². The number of carbonyl (C=O) groups is 2. The maximum absolute atomic E-state index is 14.0. The first-order chi connectivity index (χ1) is 21.1. The molecule has 1 N–H and O–H groups in total. The highest BCUT2D eigenvalue weighted by molar-refractivity contribution is 7.92. The highest BCUT2D eigenvalue weighted by atomic mass is 32.2. The molecule has 0 saturated heterocycles. The minimum Gasteiger partial charge on any atom is -0.352 e. The number of nitrogens with zero attached hydrogens (tertiary/aromatic N) is 2. The minimum atomic E-state index is -3.75. The molecule has 0 aliphatic heterocycles. The lowest BCUT2D eigenvalue weighted by Crippen LogP contribution is -2.53. The van der Waals surface area contributed by atoms with Gasteiger partial charge in [-0.15, -0.1) is 0 Å². The van der Waals surface area contributed by atoms with Gasteiger partial charge in [-0.25, -0.2) is 8.42 Å². The Morgan fingerprint density at radius 1 is 0.886 bits per heavy atom. The summed E-state index contributed by atoms with van der Waals surface area (Å²) < 4.78 is 27.4. The van der Waals surface area contributed by atoms with Crippen LogP contribution in [-0.2, 0) is 31.4 Å². The van der Waals surface area contributed by atoms with E-state index in [9.17, 15) is 18.0 Å². The molecule has 238 valence electrons. The number of hydrogen-bond acceptors (Lipinski definition) is 4. The first kappa shape index (κ1) is 31.1. The van der Waals surface area contributed by atoms with Crippen molar-refractivity contribution in [1.82, 2.24) is 10.2 Å². The van der Waals surface area contributed by atoms with Gasteiger partial charge in [-0.3, -0.25) is 13.9 Å². The molecule has 1 atom stereocenters. The summed E-state index contributed by atoms with van der Waals surface area (Å²) >= 11 is 0. The second-order valence-corrected chi connectivity index (χ2v) is 16.3. The standard InChI is InChI=1S/C36H49N3O4S/c1-26(35(41)37-32-11-7-4-8-12-32)38(18-17-27-9-5-3-6-10-27)34(40)25-39(44(2,42)43)33-15-13-31(14-16-33)36-22-28-19-29(23-36)21-30(20-28)24-36/h3,5-6,9-10,13-16,26,28-30,32H,4,7-8,11-12,17-25H2,1-2H3,(H,37,41)/t26-,28?,29?,30?,36?/m0/s1. The Morgan fingerprint density at radius 3 is 2.05 bits per heavy atom. The lowest BCUT2D eigenvalue weighted by atomic mass is 9.48. The number of amides is 2. The van der Waals surface area contributed by atoms with E-state index >= 15 is 0 Å². The van der Waals surface area contributed by atoms with Gasteiger partial charge in [0.1, 0.15) is 12.6 Å². The number of anilines is 1. The predicted molar refractivity (Wildman–Crippen MR) is 175 cm³/mol. The molecule has 5 saturated carbocycles. The molecule has 0 unspecified atom stereocenters. The Morgan fingerprint density at radius 2 is 1.48 bits per heavy atom. The van der Waals surface area contributed by atoms with Gasteiger partial charge in [0.05, 0.1) is 11.9 Å². The molecule has 4 bridgehead atoms. The summed E-state index contributed by atoms with van der Waals surface area (Å²) in [7, 11) is -3.75. The number of rotatable bonds is 11. The van der Waals surface area contributed by atoms with Gasteiger partial charge in [0.2, 0.25) is 21.8 Å². The molecule has 2 amide bonds. The summed E-state index contributed by atoms with van der Waals surface area (Å²) in [6.07, 6.45) is 14.9. The molecule has 0 spiro atoms. The zero-order valence-electron chi connectivity index (χ0n) is 26.4. The Bertz CT molecular complexity index is 1380. The lowest BCUT2D eigenvalue weighted by Gasteiger charge is -2.57. The van der Waals surface area contributed by atoms with Gasteiger partial charge in [-0.1, -0.05) is 61.7 Å². The van der Waals surface area contributed by atoms with E-state index in [4.69, 9.17) is 0 Å². The third-order valence-corrected chi connectivity index (χ3v) is 12.2. The number of hydrogen-bond donors (Lipinski definition) is 1. The Kier molecular flexibility index (Phi) is 9.10. The Hall–Kier alpha value is -2.87. The average molecular weight is 620 g/mol. The van der Waals surface area contributed by atoms with Gasteiger partial charge in [-0.2, -0.15) is 0 Å². The molecule has 0 aromatic heterocycles. The van der Waals surface area contributed by atoms with Crippen LogP contribution in [-0.4, -0.2) is 56.6 Å². The number of sulfonamides is 1. The van der Waals surface area contributed by atoms with E-state index in [0.717, 1.165) is 55.3 Å². The fraction of sp³-hybridized carbons (Fsp3) is 0.611. The molecule has 44 heavy (non-hydrogen) atoms. The summed E-state index contributed by atoms with van der Waals surface area (Å²) in [4.78, 5) is 28.9. The van der Waals surface area contributed by atoms with Crippen LogP contribution in [0.3, 0.4) is 0 Å². The van der Waals surface area contributed by atoms with Crippen molar-refractivity contribution < 1.29 is 18.0 Å². The van der Waals surface area contributed by atoms with Crippen LogP contribution in [0.15, 0.2) is 54.6 Å². The fourth-order valence-electron chi connectivity index (χ4n) is 9.20.